The van der Waals surface area contributed by atoms with Crippen LogP contribution in [0.5, 0.6) is 0 Å². The number of benzene rings is 1. The molecule has 1 aliphatic heterocycles. The molecule has 0 radical (unpaired) electrons. The van der Waals surface area contributed by atoms with Crippen LogP contribution in [-0.2, 0) is 20.7 Å². The van der Waals surface area contributed by atoms with E-state index in [-0.39, 0.29) is 18.9 Å². The van der Waals surface area contributed by atoms with Crippen LogP contribution in [0.2, 0.25) is 0 Å². The molecule has 1 aliphatic rings. The first kappa shape index (κ1) is 14.5. The van der Waals surface area contributed by atoms with Gasteiger partial charge in [0.25, 0.3) is 0 Å². The zero-order valence-corrected chi connectivity index (χ0v) is 11.8. The van der Waals surface area contributed by atoms with Gasteiger partial charge in [0.1, 0.15) is 0 Å². The highest BCUT2D eigenvalue weighted by Crippen LogP contribution is 2.17. The molecule has 1 fully saturated rings. The van der Waals surface area contributed by atoms with Crippen molar-refractivity contribution < 1.29 is 19.4 Å². The van der Waals surface area contributed by atoms with Gasteiger partial charge in [-0.05, 0) is 30.5 Å². The molecule has 1 aromatic rings. The zero-order valence-electron chi connectivity index (χ0n) is 11.8. The minimum Gasteiger partial charge on any atom is -0.480 e. The van der Waals surface area contributed by atoms with Crippen LogP contribution in [0.15, 0.2) is 18.2 Å². The predicted molar refractivity (Wildman–Crippen MR) is 73.6 cm³/mol. The Labute approximate surface area is 118 Å². The molecular formula is C15H19NO4. The Balaban J connectivity index is 2.16. The lowest BCUT2D eigenvalue weighted by Crippen LogP contribution is -2.53. The summed E-state index contributed by atoms with van der Waals surface area (Å²) >= 11 is 0. The molecular weight excluding hydrogens is 258 g/mol. The predicted octanol–water partition coefficient (Wildman–Crippen LogP) is 1.16. The van der Waals surface area contributed by atoms with Crippen LogP contribution < -0.4 is 0 Å². The van der Waals surface area contributed by atoms with E-state index in [9.17, 15) is 9.59 Å². The molecule has 1 N–H and O–H groups in total. The lowest BCUT2D eigenvalue weighted by molar-refractivity contribution is -0.158. The van der Waals surface area contributed by atoms with Crippen molar-refractivity contribution in [2.45, 2.75) is 26.3 Å². The number of carbonyl (C=O) groups is 2. The quantitative estimate of drug-likeness (QED) is 0.900. The Morgan fingerprint density at radius 3 is 2.60 bits per heavy atom. The largest absolute Gasteiger partial charge is 0.480 e. The Morgan fingerprint density at radius 2 is 2.00 bits per heavy atom. The van der Waals surface area contributed by atoms with E-state index in [1.807, 2.05) is 32.0 Å². The maximum atomic E-state index is 12.4. The zero-order chi connectivity index (χ0) is 14.7. The second kappa shape index (κ2) is 6.05. The van der Waals surface area contributed by atoms with E-state index >= 15 is 0 Å². The molecule has 1 saturated heterocycles. The molecule has 0 spiro atoms. The summed E-state index contributed by atoms with van der Waals surface area (Å²) in [4.78, 5) is 25.0. The van der Waals surface area contributed by atoms with Crippen LogP contribution in [0, 0.1) is 13.8 Å². The van der Waals surface area contributed by atoms with Crippen LogP contribution in [-0.4, -0.2) is 47.7 Å². The standard InChI is InChI=1S/C15H19NO4/c1-10-4-3-5-11(2)12(10)8-14(17)16-6-7-20-9-13(16)15(18)19/h3-5,13H,6-9H2,1-2H3,(H,18,19). The number of carboxylic acids is 1. The summed E-state index contributed by atoms with van der Waals surface area (Å²) in [5, 5.41) is 9.16. The van der Waals surface area contributed by atoms with E-state index in [4.69, 9.17) is 9.84 Å². The third-order valence-corrected chi connectivity index (χ3v) is 3.71. The Hall–Kier alpha value is -1.88. The van der Waals surface area contributed by atoms with Gasteiger partial charge < -0.3 is 14.7 Å². The Bertz CT molecular complexity index is 506. The molecule has 20 heavy (non-hydrogen) atoms. The minimum atomic E-state index is -1.01. The SMILES string of the molecule is Cc1cccc(C)c1CC(=O)N1CCOCC1C(=O)O. The third kappa shape index (κ3) is 2.99. The van der Waals surface area contributed by atoms with Gasteiger partial charge >= 0.3 is 5.97 Å². The maximum Gasteiger partial charge on any atom is 0.328 e. The van der Waals surface area contributed by atoms with Gasteiger partial charge in [0.05, 0.1) is 19.6 Å². The van der Waals surface area contributed by atoms with Gasteiger partial charge in [-0.25, -0.2) is 4.79 Å². The van der Waals surface area contributed by atoms with E-state index in [1.54, 1.807) is 0 Å². The number of nitrogens with zero attached hydrogens (tertiary/aromatic N) is 1. The summed E-state index contributed by atoms with van der Waals surface area (Å²) in [6.45, 7) is 4.71. The van der Waals surface area contributed by atoms with E-state index in [2.05, 4.69) is 0 Å². The van der Waals surface area contributed by atoms with Gasteiger partial charge in [-0.2, -0.15) is 0 Å². The molecule has 1 aromatic carbocycles. The van der Waals surface area contributed by atoms with E-state index < -0.39 is 12.0 Å². The molecule has 0 aliphatic carbocycles. The number of aliphatic carboxylic acids is 1. The Morgan fingerprint density at radius 1 is 1.35 bits per heavy atom. The lowest BCUT2D eigenvalue weighted by Gasteiger charge is -2.33. The van der Waals surface area contributed by atoms with Gasteiger partial charge in [0, 0.05) is 6.54 Å². The van der Waals surface area contributed by atoms with Crippen molar-refractivity contribution >= 4 is 11.9 Å². The number of carboxylic acid groups (broad SMARTS) is 1. The first-order valence-corrected chi connectivity index (χ1v) is 6.66. The normalized spacial score (nSPS) is 18.9. The number of morpholine rings is 1. The van der Waals surface area contributed by atoms with Crippen molar-refractivity contribution in [3.8, 4) is 0 Å². The second-order valence-electron chi connectivity index (χ2n) is 5.06. The van der Waals surface area contributed by atoms with Crippen molar-refractivity contribution in [2.75, 3.05) is 19.8 Å². The summed E-state index contributed by atoms with van der Waals surface area (Å²) in [5.74, 6) is -1.17. The summed E-state index contributed by atoms with van der Waals surface area (Å²) < 4.78 is 5.15. The maximum absolute atomic E-state index is 12.4. The monoisotopic (exact) mass is 277 g/mol. The molecule has 108 valence electrons. The summed E-state index contributed by atoms with van der Waals surface area (Å²) in [6, 6.07) is 5.00. The molecule has 1 amide bonds. The number of rotatable bonds is 3. The topological polar surface area (TPSA) is 66.8 Å². The first-order chi connectivity index (χ1) is 9.50. The lowest BCUT2D eigenvalue weighted by atomic mass is 9.99. The van der Waals surface area contributed by atoms with Gasteiger partial charge in [-0.15, -0.1) is 0 Å². The average molecular weight is 277 g/mol. The van der Waals surface area contributed by atoms with Gasteiger partial charge in [0.15, 0.2) is 6.04 Å². The van der Waals surface area contributed by atoms with Crippen molar-refractivity contribution in [3.63, 3.8) is 0 Å². The molecule has 0 bridgehead atoms. The van der Waals surface area contributed by atoms with Gasteiger partial charge in [0.2, 0.25) is 5.91 Å². The van der Waals surface area contributed by atoms with Crippen LogP contribution in [0.1, 0.15) is 16.7 Å². The first-order valence-electron chi connectivity index (χ1n) is 6.66. The van der Waals surface area contributed by atoms with Gasteiger partial charge in [-0.3, -0.25) is 4.79 Å². The van der Waals surface area contributed by atoms with Crippen molar-refractivity contribution in [2.24, 2.45) is 0 Å². The fraction of sp³-hybridized carbons (Fsp3) is 0.467. The molecule has 1 atom stereocenters. The van der Waals surface area contributed by atoms with Crippen LogP contribution in [0.4, 0.5) is 0 Å². The van der Waals surface area contributed by atoms with Gasteiger partial charge in [-0.1, -0.05) is 18.2 Å². The molecule has 0 aromatic heterocycles. The summed E-state index contributed by atoms with van der Waals surface area (Å²) in [5.41, 5.74) is 3.09. The summed E-state index contributed by atoms with van der Waals surface area (Å²) in [7, 11) is 0. The van der Waals surface area contributed by atoms with Crippen LogP contribution >= 0.6 is 0 Å². The fourth-order valence-electron chi connectivity index (χ4n) is 2.49. The Kier molecular flexibility index (Phi) is 4.39. The number of carbonyl (C=O) groups excluding carboxylic acids is 1. The molecule has 1 heterocycles. The highest BCUT2D eigenvalue weighted by molar-refractivity contribution is 5.85. The van der Waals surface area contributed by atoms with E-state index in [1.165, 1.54) is 4.90 Å². The molecule has 2 rings (SSSR count). The number of aryl methyl sites for hydroxylation is 2. The van der Waals surface area contributed by atoms with Crippen LogP contribution in [0.25, 0.3) is 0 Å². The highest BCUT2D eigenvalue weighted by Gasteiger charge is 2.32. The van der Waals surface area contributed by atoms with E-state index in [0.29, 0.717) is 13.2 Å². The number of ether oxygens (including phenoxy) is 1. The van der Waals surface area contributed by atoms with Crippen molar-refractivity contribution in [3.05, 3.63) is 34.9 Å². The second-order valence-corrected chi connectivity index (χ2v) is 5.06. The fourth-order valence-corrected chi connectivity index (χ4v) is 2.49. The minimum absolute atomic E-state index is 0.0633. The van der Waals surface area contributed by atoms with E-state index in [0.717, 1.165) is 16.7 Å². The van der Waals surface area contributed by atoms with Crippen molar-refractivity contribution in [1.29, 1.82) is 0 Å². The molecule has 5 heteroatoms. The highest BCUT2D eigenvalue weighted by atomic mass is 16.5. The van der Waals surface area contributed by atoms with Crippen LogP contribution in [0.3, 0.4) is 0 Å². The van der Waals surface area contributed by atoms with Crippen molar-refractivity contribution in [1.82, 2.24) is 4.90 Å². The average Bonchev–Trinajstić information content (AvgIpc) is 2.43. The summed E-state index contributed by atoms with van der Waals surface area (Å²) in [6.07, 6.45) is 0.238. The molecule has 5 nitrogen and oxygen atoms in total. The number of hydrogen-bond acceptors (Lipinski definition) is 3. The smallest absolute Gasteiger partial charge is 0.328 e. The molecule has 1 unspecified atom stereocenters. The molecule has 0 saturated carbocycles. The number of amides is 1. The number of hydrogen-bond donors (Lipinski definition) is 1. The third-order valence-electron chi connectivity index (χ3n) is 3.71.